The molecule has 8 heteroatoms. The van der Waals surface area contributed by atoms with Gasteiger partial charge in [-0.05, 0) is 60.1 Å². The summed E-state index contributed by atoms with van der Waals surface area (Å²) in [6.07, 6.45) is 6.51. The van der Waals surface area contributed by atoms with E-state index in [0.717, 1.165) is 47.8 Å². The standard InChI is InChI=1S/C22H28N2O4S2/c1-3-15-30(27,28)24-22-10-5-4-9-21(22)18-13-11-17(12-14-18)19-7-6-8-20(16-19)23-29(2,25)26/h6-9,11-14,16,22-24H,3-5,10,15H2,1-2H3. The molecule has 0 spiro atoms. The van der Waals surface area contributed by atoms with Crippen molar-refractivity contribution >= 4 is 31.3 Å². The van der Waals surface area contributed by atoms with Crippen LogP contribution >= 0.6 is 0 Å². The topological polar surface area (TPSA) is 92.3 Å². The minimum Gasteiger partial charge on any atom is -0.284 e. The molecule has 2 aromatic rings. The Kier molecular flexibility index (Phi) is 7.00. The molecule has 0 radical (unpaired) electrons. The Balaban J connectivity index is 1.82. The second kappa shape index (κ2) is 9.32. The van der Waals surface area contributed by atoms with Gasteiger partial charge in [-0.25, -0.2) is 21.6 Å². The van der Waals surface area contributed by atoms with Gasteiger partial charge >= 0.3 is 0 Å². The predicted molar refractivity (Wildman–Crippen MR) is 123 cm³/mol. The lowest BCUT2D eigenvalue weighted by atomic mass is 9.89. The average Bonchev–Trinajstić information content (AvgIpc) is 2.67. The highest BCUT2D eigenvalue weighted by Crippen LogP contribution is 2.30. The molecule has 0 heterocycles. The number of allylic oxidation sites excluding steroid dienone is 1. The van der Waals surface area contributed by atoms with Crippen molar-refractivity contribution in [3.05, 3.63) is 60.2 Å². The van der Waals surface area contributed by atoms with Crippen LogP contribution in [-0.4, -0.2) is 34.9 Å². The molecule has 0 bridgehead atoms. The Morgan fingerprint density at radius 3 is 2.33 bits per heavy atom. The van der Waals surface area contributed by atoms with Gasteiger partial charge in [-0.2, -0.15) is 0 Å². The van der Waals surface area contributed by atoms with Crippen LogP contribution in [0.5, 0.6) is 0 Å². The van der Waals surface area contributed by atoms with Crippen molar-refractivity contribution in [1.29, 1.82) is 0 Å². The Morgan fingerprint density at radius 1 is 0.967 bits per heavy atom. The summed E-state index contributed by atoms with van der Waals surface area (Å²) in [4.78, 5) is 0. The fourth-order valence-electron chi connectivity index (χ4n) is 3.69. The zero-order valence-corrected chi connectivity index (χ0v) is 18.9. The number of rotatable bonds is 8. The molecule has 0 amide bonds. The van der Waals surface area contributed by atoms with Crippen molar-refractivity contribution in [1.82, 2.24) is 4.72 Å². The van der Waals surface area contributed by atoms with Crippen molar-refractivity contribution in [2.75, 3.05) is 16.7 Å². The summed E-state index contributed by atoms with van der Waals surface area (Å²) >= 11 is 0. The maximum Gasteiger partial charge on any atom is 0.229 e. The highest BCUT2D eigenvalue weighted by molar-refractivity contribution is 7.92. The minimum atomic E-state index is -3.34. The third-order valence-corrected chi connectivity index (χ3v) is 7.14. The summed E-state index contributed by atoms with van der Waals surface area (Å²) in [6, 6.07) is 14.9. The summed E-state index contributed by atoms with van der Waals surface area (Å²) in [5.41, 5.74) is 4.37. The monoisotopic (exact) mass is 448 g/mol. The van der Waals surface area contributed by atoms with Gasteiger partial charge in [-0.3, -0.25) is 4.72 Å². The van der Waals surface area contributed by atoms with Crippen LogP contribution in [0.2, 0.25) is 0 Å². The van der Waals surface area contributed by atoms with Crippen LogP contribution in [0.3, 0.4) is 0 Å². The van der Waals surface area contributed by atoms with Gasteiger partial charge in [0, 0.05) is 11.7 Å². The number of hydrogen-bond acceptors (Lipinski definition) is 4. The molecule has 6 nitrogen and oxygen atoms in total. The normalized spacial score (nSPS) is 17.4. The molecule has 1 unspecified atom stereocenters. The van der Waals surface area contributed by atoms with E-state index in [1.165, 1.54) is 0 Å². The summed E-state index contributed by atoms with van der Waals surface area (Å²) in [5.74, 6) is 0.133. The largest absolute Gasteiger partial charge is 0.284 e. The third-order valence-electron chi connectivity index (χ3n) is 4.95. The number of sulfonamides is 2. The van der Waals surface area contributed by atoms with Crippen LogP contribution < -0.4 is 9.44 Å². The molecule has 3 rings (SSSR count). The number of hydrogen-bond donors (Lipinski definition) is 2. The molecule has 1 aliphatic rings. The fraction of sp³-hybridized carbons (Fsp3) is 0.364. The lowest BCUT2D eigenvalue weighted by Gasteiger charge is -2.25. The molecule has 0 aromatic heterocycles. The van der Waals surface area contributed by atoms with Gasteiger partial charge in [0.25, 0.3) is 0 Å². The lowest BCUT2D eigenvalue weighted by Crippen LogP contribution is -2.38. The summed E-state index contributed by atoms with van der Waals surface area (Å²) in [5, 5.41) is 0. The van der Waals surface area contributed by atoms with Gasteiger partial charge in [-0.1, -0.05) is 49.4 Å². The SMILES string of the molecule is CCCS(=O)(=O)NC1CCCC=C1c1ccc(-c2cccc(NS(C)(=O)=O)c2)cc1. The second-order valence-electron chi connectivity index (χ2n) is 7.61. The van der Waals surface area contributed by atoms with Gasteiger partial charge in [0.05, 0.1) is 12.0 Å². The first-order valence-corrected chi connectivity index (χ1v) is 13.6. The van der Waals surface area contributed by atoms with E-state index < -0.39 is 20.0 Å². The number of benzene rings is 2. The van der Waals surface area contributed by atoms with Crippen molar-refractivity contribution < 1.29 is 16.8 Å². The fourth-order valence-corrected chi connectivity index (χ4v) is 5.58. The number of anilines is 1. The van der Waals surface area contributed by atoms with Gasteiger partial charge in [0.1, 0.15) is 0 Å². The third kappa shape index (κ3) is 6.17. The average molecular weight is 449 g/mol. The van der Waals surface area contributed by atoms with Gasteiger partial charge in [-0.15, -0.1) is 0 Å². The van der Waals surface area contributed by atoms with Crippen LogP contribution in [0, 0.1) is 0 Å². The highest BCUT2D eigenvalue weighted by atomic mass is 32.2. The van der Waals surface area contributed by atoms with E-state index in [0.29, 0.717) is 12.1 Å². The molecule has 0 saturated heterocycles. The predicted octanol–water partition coefficient (Wildman–Crippen LogP) is 3.99. The zero-order chi connectivity index (χ0) is 21.8. The first-order chi connectivity index (χ1) is 14.2. The molecular weight excluding hydrogens is 420 g/mol. The quantitative estimate of drug-likeness (QED) is 0.639. The van der Waals surface area contributed by atoms with Gasteiger partial charge in [0.2, 0.25) is 20.0 Å². The smallest absolute Gasteiger partial charge is 0.229 e. The zero-order valence-electron chi connectivity index (χ0n) is 17.3. The van der Waals surface area contributed by atoms with Crippen molar-refractivity contribution in [3.8, 4) is 11.1 Å². The van der Waals surface area contributed by atoms with Gasteiger partial charge < -0.3 is 0 Å². The van der Waals surface area contributed by atoms with Crippen molar-refractivity contribution in [3.63, 3.8) is 0 Å². The molecule has 1 aliphatic carbocycles. The molecule has 30 heavy (non-hydrogen) atoms. The Bertz CT molecular complexity index is 1120. The maximum absolute atomic E-state index is 12.3. The van der Waals surface area contributed by atoms with Crippen LogP contribution in [0.15, 0.2) is 54.6 Å². The molecule has 2 aromatic carbocycles. The highest BCUT2D eigenvalue weighted by Gasteiger charge is 2.23. The van der Waals surface area contributed by atoms with Crippen LogP contribution in [0.1, 0.15) is 38.2 Å². The Hall–Kier alpha value is -2.16. The van der Waals surface area contributed by atoms with Crippen molar-refractivity contribution in [2.45, 2.75) is 38.6 Å². The van der Waals surface area contributed by atoms with E-state index in [9.17, 15) is 16.8 Å². The minimum absolute atomic E-state index is 0.133. The van der Waals surface area contributed by atoms with E-state index in [4.69, 9.17) is 0 Å². The molecular formula is C22H28N2O4S2. The van der Waals surface area contributed by atoms with Crippen molar-refractivity contribution in [2.24, 2.45) is 0 Å². The van der Waals surface area contributed by atoms with Crippen LogP contribution in [0.25, 0.3) is 16.7 Å². The summed E-state index contributed by atoms with van der Waals surface area (Å²) < 4.78 is 52.8. The van der Waals surface area contributed by atoms with E-state index >= 15 is 0 Å². The molecule has 0 fully saturated rings. The summed E-state index contributed by atoms with van der Waals surface area (Å²) in [7, 11) is -6.63. The van der Waals surface area contributed by atoms with Gasteiger partial charge in [0.15, 0.2) is 0 Å². The molecule has 2 N–H and O–H groups in total. The van der Waals surface area contributed by atoms with E-state index in [1.54, 1.807) is 18.2 Å². The Labute approximate surface area is 179 Å². The first-order valence-electron chi connectivity index (χ1n) is 10.1. The Morgan fingerprint density at radius 2 is 1.67 bits per heavy atom. The molecule has 0 saturated carbocycles. The second-order valence-corrected chi connectivity index (χ2v) is 11.2. The molecule has 162 valence electrons. The van der Waals surface area contributed by atoms with Crippen LogP contribution in [0.4, 0.5) is 5.69 Å². The lowest BCUT2D eigenvalue weighted by molar-refractivity contribution is 0.553. The first kappa shape index (κ1) is 22.5. The molecule has 1 atom stereocenters. The summed E-state index contributed by atoms with van der Waals surface area (Å²) in [6.45, 7) is 1.86. The number of nitrogens with one attached hydrogen (secondary N) is 2. The maximum atomic E-state index is 12.3. The van der Waals surface area contributed by atoms with E-state index in [1.807, 2.05) is 37.3 Å². The van der Waals surface area contributed by atoms with E-state index in [-0.39, 0.29) is 11.8 Å². The van der Waals surface area contributed by atoms with E-state index in [2.05, 4.69) is 15.5 Å². The molecule has 0 aliphatic heterocycles. The van der Waals surface area contributed by atoms with Crippen LogP contribution in [-0.2, 0) is 20.0 Å².